The van der Waals surface area contributed by atoms with Crippen LogP contribution in [0.15, 0.2) is 42.7 Å². The lowest BCUT2D eigenvalue weighted by molar-refractivity contribution is 0.183. The van der Waals surface area contributed by atoms with Crippen LogP contribution in [0.3, 0.4) is 0 Å². The van der Waals surface area contributed by atoms with Gasteiger partial charge in [-0.3, -0.25) is 4.90 Å². The fourth-order valence-electron chi connectivity index (χ4n) is 2.43. The second-order valence-corrected chi connectivity index (χ2v) is 5.24. The van der Waals surface area contributed by atoms with E-state index in [-0.39, 0.29) is 11.9 Å². The molecular formula is C17H22FN3O. The molecule has 1 aromatic carbocycles. The molecule has 1 aromatic heterocycles. The van der Waals surface area contributed by atoms with Gasteiger partial charge < -0.3 is 4.74 Å². The van der Waals surface area contributed by atoms with Crippen molar-refractivity contribution in [2.75, 3.05) is 27.3 Å². The highest BCUT2D eigenvalue weighted by Gasteiger charge is 2.21. The number of hydrogen-bond acceptors (Lipinski definition) is 4. The van der Waals surface area contributed by atoms with Crippen LogP contribution in [-0.4, -0.2) is 42.2 Å². The van der Waals surface area contributed by atoms with Crippen molar-refractivity contribution in [3.8, 4) is 0 Å². The maximum absolute atomic E-state index is 13.2. The van der Waals surface area contributed by atoms with Gasteiger partial charge in [0.2, 0.25) is 0 Å². The number of rotatable bonds is 8. The summed E-state index contributed by atoms with van der Waals surface area (Å²) < 4.78 is 18.3. The minimum Gasteiger partial charge on any atom is -0.385 e. The van der Waals surface area contributed by atoms with Crippen molar-refractivity contribution in [2.24, 2.45) is 0 Å². The fraction of sp³-hybridized carbons (Fsp3) is 0.412. The zero-order chi connectivity index (χ0) is 15.8. The maximum atomic E-state index is 13.2. The van der Waals surface area contributed by atoms with E-state index in [0.717, 1.165) is 37.4 Å². The molecule has 22 heavy (non-hydrogen) atoms. The van der Waals surface area contributed by atoms with Crippen LogP contribution in [0, 0.1) is 5.82 Å². The zero-order valence-corrected chi connectivity index (χ0v) is 13.1. The van der Waals surface area contributed by atoms with E-state index >= 15 is 0 Å². The maximum Gasteiger partial charge on any atom is 0.149 e. The summed E-state index contributed by atoms with van der Waals surface area (Å²) in [5, 5.41) is 0. The monoisotopic (exact) mass is 303 g/mol. The molecule has 0 aliphatic carbocycles. The molecule has 5 heteroatoms. The number of benzene rings is 1. The smallest absolute Gasteiger partial charge is 0.149 e. The molecule has 0 spiro atoms. The van der Waals surface area contributed by atoms with Gasteiger partial charge in [-0.05, 0) is 50.2 Å². The molecule has 4 nitrogen and oxygen atoms in total. The van der Waals surface area contributed by atoms with E-state index in [2.05, 4.69) is 14.9 Å². The molecule has 0 saturated heterocycles. The molecule has 0 radical (unpaired) electrons. The van der Waals surface area contributed by atoms with E-state index in [1.807, 2.05) is 7.05 Å². The number of unbranched alkanes of at least 4 members (excludes halogenated alkanes) is 1. The van der Waals surface area contributed by atoms with Crippen LogP contribution in [0.1, 0.15) is 30.3 Å². The summed E-state index contributed by atoms with van der Waals surface area (Å²) in [6.07, 6.45) is 5.50. The molecule has 2 rings (SSSR count). The summed E-state index contributed by atoms with van der Waals surface area (Å²) in [6.45, 7) is 1.65. The number of aromatic nitrogens is 2. The van der Waals surface area contributed by atoms with Gasteiger partial charge in [0.05, 0.1) is 6.04 Å². The lowest BCUT2D eigenvalue weighted by Gasteiger charge is -2.27. The molecule has 1 heterocycles. The van der Waals surface area contributed by atoms with E-state index in [0.29, 0.717) is 0 Å². The van der Waals surface area contributed by atoms with Crippen LogP contribution < -0.4 is 0 Å². The summed E-state index contributed by atoms with van der Waals surface area (Å²) in [5.74, 6) is 0.488. The van der Waals surface area contributed by atoms with Crippen molar-refractivity contribution < 1.29 is 9.13 Å². The van der Waals surface area contributed by atoms with Gasteiger partial charge in [-0.15, -0.1) is 0 Å². The van der Waals surface area contributed by atoms with E-state index in [4.69, 9.17) is 4.74 Å². The third-order valence-corrected chi connectivity index (χ3v) is 3.57. The summed E-state index contributed by atoms with van der Waals surface area (Å²) in [7, 11) is 3.75. The summed E-state index contributed by atoms with van der Waals surface area (Å²) in [5.41, 5.74) is 0.988. The molecular weight excluding hydrogens is 281 g/mol. The Labute approximate surface area is 131 Å². The van der Waals surface area contributed by atoms with Gasteiger partial charge in [0.1, 0.15) is 11.6 Å². The molecule has 0 N–H and O–H groups in total. The van der Waals surface area contributed by atoms with E-state index < -0.39 is 0 Å². The molecule has 118 valence electrons. The van der Waals surface area contributed by atoms with Crippen LogP contribution in [0.4, 0.5) is 4.39 Å². The average Bonchev–Trinajstić information content (AvgIpc) is 2.55. The topological polar surface area (TPSA) is 38.2 Å². The summed E-state index contributed by atoms with van der Waals surface area (Å²) in [6, 6.07) is 8.26. The van der Waals surface area contributed by atoms with Gasteiger partial charge in [-0.1, -0.05) is 12.1 Å². The first-order valence-electron chi connectivity index (χ1n) is 7.44. The Balaban J connectivity index is 2.16. The number of nitrogens with zero attached hydrogens (tertiary/aromatic N) is 3. The van der Waals surface area contributed by atoms with Gasteiger partial charge in [0.25, 0.3) is 0 Å². The first-order chi connectivity index (χ1) is 10.7. The largest absolute Gasteiger partial charge is 0.385 e. The number of halogens is 1. The van der Waals surface area contributed by atoms with Crippen molar-refractivity contribution in [3.63, 3.8) is 0 Å². The molecule has 0 saturated carbocycles. The van der Waals surface area contributed by atoms with Gasteiger partial charge >= 0.3 is 0 Å². The minimum absolute atomic E-state index is 0.0793. The standard InChI is InChI=1S/C17H22FN3O/c1-21(12-3-4-13-22-2)16(17-19-10-5-11-20-17)14-6-8-15(18)9-7-14/h5-11,16H,3-4,12-13H2,1-2H3/t16-/m0/s1. The second-order valence-electron chi connectivity index (χ2n) is 5.24. The van der Waals surface area contributed by atoms with E-state index in [9.17, 15) is 4.39 Å². The second kappa shape index (κ2) is 8.56. The predicted molar refractivity (Wildman–Crippen MR) is 84.0 cm³/mol. The molecule has 2 aromatic rings. The summed E-state index contributed by atoms with van der Waals surface area (Å²) >= 11 is 0. The Kier molecular flexibility index (Phi) is 6.43. The Morgan fingerprint density at radius 1 is 1.14 bits per heavy atom. The lowest BCUT2D eigenvalue weighted by Crippen LogP contribution is -2.28. The van der Waals surface area contributed by atoms with Crippen molar-refractivity contribution >= 4 is 0 Å². The van der Waals surface area contributed by atoms with Gasteiger partial charge in [-0.25, -0.2) is 14.4 Å². The predicted octanol–water partition coefficient (Wildman–Crippen LogP) is 3.06. The molecule has 0 aliphatic heterocycles. The van der Waals surface area contributed by atoms with Crippen molar-refractivity contribution in [1.82, 2.24) is 14.9 Å². The number of ether oxygens (including phenoxy) is 1. The van der Waals surface area contributed by atoms with Crippen LogP contribution >= 0.6 is 0 Å². The van der Waals surface area contributed by atoms with E-state index in [1.54, 1.807) is 37.7 Å². The van der Waals surface area contributed by atoms with Crippen molar-refractivity contribution in [1.29, 1.82) is 0 Å². The number of methoxy groups -OCH3 is 1. The van der Waals surface area contributed by atoms with Gasteiger partial charge in [0, 0.05) is 26.1 Å². The first kappa shape index (κ1) is 16.5. The molecule has 0 unspecified atom stereocenters. The minimum atomic E-state index is -0.237. The molecule has 1 atom stereocenters. The quantitative estimate of drug-likeness (QED) is 0.703. The highest BCUT2D eigenvalue weighted by molar-refractivity contribution is 5.25. The van der Waals surface area contributed by atoms with Crippen molar-refractivity contribution in [2.45, 2.75) is 18.9 Å². The molecule has 0 bridgehead atoms. The third-order valence-electron chi connectivity index (χ3n) is 3.57. The SMILES string of the molecule is COCCCCN(C)[C@@H](c1ccc(F)cc1)c1ncccn1. The Morgan fingerprint density at radius 3 is 2.45 bits per heavy atom. The fourth-order valence-corrected chi connectivity index (χ4v) is 2.43. The number of hydrogen-bond donors (Lipinski definition) is 0. The van der Waals surface area contributed by atoms with Gasteiger partial charge in [-0.2, -0.15) is 0 Å². The normalized spacial score (nSPS) is 12.5. The van der Waals surface area contributed by atoms with Crippen LogP contribution in [0.25, 0.3) is 0 Å². The van der Waals surface area contributed by atoms with Crippen LogP contribution in [0.2, 0.25) is 0 Å². The Hall–Kier alpha value is -1.85. The average molecular weight is 303 g/mol. The van der Waals surface area contributed by atoms with Crippen molar-refractivity contribution in [3.05, 3.63) is 59.9 Å². The lowest BCUT2D eigenvalue weighted by atomic mass is 10.0. The first-order valence-corrected chi connectivity index (χ1v) is 7.44. The summed E-state index contributed by atoms with van der Waals surface area (Å²) in [4.78, 5) is 10.9. The molecule has 0 aliphatic rings. The Bertz CT molecular complexity index is 548. The zero-order valence-electron chi connectivity index (χ0n) is 13.1. The van der Waals surface area contributed by atoms with Crippen LogP contribution in [0.5, 0.6) is 0 Å². The third kappa shape index (κ3) is 4.58. The van der Waals surface area contributed by atoms with E-state index in [1.165, 1.54) is 12.1 Å². The molecule has 0 fully saturated rings. The Morgan fingerprint density at radius 2 is 1.82 bits per heavy atom. The molecule has 0 amide bonds. The van der Waals surface area contributed by atoms with Gasteiger partial charge in [0.15, 0.2) is 0 Å². The van der Waals surface area contributed by atoms with Crippen LogP contribution in [-0.2, 0) is 4.74 Å². The highest BCUT2D eigenvalue weighted by atomic mass is 19.1. The highest BCUT2D eigenvalue weighted by Crippen LogP contribution is 2.25.